The Morgan fingerprint density at radius 3 is 2.27 bits per heavy atom. The summed E-state index contributed by atoms with van der Waals surface area (Å²) in [6.45, 7) is 8.29. The van der Waals surface area contributed by atoms with Gasteiger partial charge < -0.3 is 10.6 Å². The summed E-state index contributed by atoms with van der Waals surface area (Å²) < 4.78 is 27.0. The van der Waals surface area contributed by atoms with E-state index in [-0.39, 0.29) is 0 Å². The van der Waals surface area contributed by atoms with Crippen LogP contribution in [0.2, 0.25) is 0 Å². The number of piperidine rings is 1. The van der Waals surface area contributed by atoms with Gasteiger partial charge in [0.15, 0.2) is 5.96 Å². The highest BCUT2D eigenvalue weighted by molar-refractivity contribution is 7.89. The highest BCUT2D eigenvalue weighted by Gasteiger charge is 2.25. The van der Waals surface area contributed by atoms with Crippen LogP contribution in [-0.2, 0) is 16.6 Å². The van der Waals surface area contributed by atoms with Gasteiger partial charge in [-0.15, -0.1) is 0 Å². The molecule has 1 aliphatic heterocycles. The summed E-state index contributed by atoms with van der Waals surface area (Å²) in [6, 6.07) is 7.45. The average Bonchev–Trinajstić information content (AvgIpc) is 2.65. The third-order valence-corrected chi connectivity index (χ3v) is 6.84. The zero-order valence-corrected chi connectivity index (χ0v) is 17.1. The first-order valence-corrected chi connectivity index (χ1v) is 10.8. The number of hydrogen-bond acceptors (Lipinski definition) is 3. The number of rotatable bonds is 6. The zero-order valence-electron chi connectivity index (χ0n) is 16.3. The number of hydrogen-bond donors (Lipinski definition) is 2. The minimum atomic E-state index is -3.36. The van der Waals surface area contributed by atoms with Gasteiger partial charge in [-0.2, -0.15) is 4.31 Å². The van der Waals surface area contributed by atoms with Gasteiger partial charge in [-0.25, -0.2) is 8.42 Å². The molecule has 0 amide bonds. The average molecular weight is 381 g/mol. The Morgan fingerprint density at radius 1 is 1.12 bits per heavy atom. The molecule has 146 valence electrons. The number of sulfonamides is 1. The van der Waals surface area contributed by atoms with Gasteiger partial charge in [-0.05, 0) is 43.4 Å². The SMILES string of the molecule is CN=C(NCc1ccc(S(=O)(=O)N2CCCCC2)cc1)NC(C)C(C)C. The highest BCUT2D eigenvalue weighted by atomic mass is 32.2. The maximum absolute atomic E-state index is 12.7. The number of nitrogens with zero attached hydrogens (tertiary/aromatic N) is 2. The predicted molar refractivity (Wildman–Crippen MR) is 107 cm³/mol. The Kier molecular flexibility index (Phi) is 7.46. The van der Waals surface area contributed by atoms with Gasteiger partial charge in [-0.3, -0.25) is 4.99 Å². The van der Waals surface area contributed by atoms with Crippen LogP contribution in [0, 0.1) is 5.92 Å². The molecule has 1 aromatic rings. The van der Waals surface area contributed by atoms with E-state index in [1.807, 2.05) is 12.1 Å². The number of aliphatic imine (C=N–C) groups is 1. The van der Waals surface area contributed by atoms with E-state index >= 15 is 0 Å². The van der Waals surface area contributed by atoms with Gasteiger partial charge in [0, 0.05) is 32.7 Å². The molecule has 0 radical (unpaired) electrons. The van der Waals surface area contributed by atoms with Crippen LogP contribution in [0.1, 0.15) is 45.6 Å². The summed E-state index contributed by atoms with van der Waals surface area (Å²) in [6.07, 6.45) is 3.01. The van der Waals surface area contributed by atoms with Crippen molar-refractivity contribution in [2.45, 2.75) is 57.5 Å². The van der Waals surface area contributed by atoms with Gasteiger partial charge in [-0.1, -0.05) is 32.4 Å². The minimum Gasteiger partial charge on any atom is -0.354 e. The van der Waals surface area contributed by atoms with E-state index in [2.05, 4.69) is 36.4 Å². The fraction of sp³-hybridized carbons (Fsp3) is 0.632. The quantitative estimate of drug-likeness (QED) is 0.588. The lowest BCUT2D eigenvalue weighted by Gasteiger charge is -2.26. The molecule has 1 unspecified atom stereocenters. The van der Waals surface area contributed by atoms with Crippen molar-refractivity contribution in [3.63, 3.8) is 0 Å². The van der Waals surface area contributed by atoms with Crippen molar-refractivity contribution in [3.05, 3.63) is 29.8 Å². The van der Waals surface area contributed by atoms with E-state index in [0.717, 1.165) is 30.8 Å². The molecule has 1 aromatic carbocycles. The molecule has 2 rings (SSSR count). The molecule has 7 heteroatoms. The molecule has 1 heterocycles. The summed E-state index contributed by atoms with van der Waals surface area (Å²) in [4.78, 5) is 4.61. The molecule has 1 aliphatic rings. The molecule has 0 spiro atoms. The van der Waals surface area contributed by atoms with E-state index in [4.69, 9.17) is 0 Å². The largest absolute Gasteiger partial charge is 0.354 e. The first kappa shape index (κ1) is 20.7. The third-order valence-electron chi connectivity index (χ3n) is 4.92. The summed E-state index contributed by atoms with van der Waals surface area (Å²) in [5.74, 6) is 1.25. The molecule has 6 nitrogen and oxygen atoms in total. The first-order chi connectivity index (χ1) is 12.3. The van der Waals surface area contributed by atoms with Crippen LogP contribution in [0.5, 0.6) is 0 Å². The van der Waals surface area contributed by atoms with E-state index in [0.29, 0.717) is 36.5 Å². The first-order valence-electron chi connectivity index (χ1n) is 9.41. The van der Waals surface area contributed by atoms with Crippen molar-refractivity contribution in [1.29, 1.82) is 0 Å². The Morgan fingerprint density at radius 2 is 1.73 bits per heavy atom. The molecular weight excluding hydrogens is 348 g/mol. The van der Waals surface area contributed by atoms with Gasteiger partial charge >= 0.3 is 0 Å². The fourth-order valence-corrected chi connectivity index (χ4v) is 4.31. The van der Waals surface area contributed by atoms with Gasteiger partial charge in [0.2, 0.25) is 10.0 Å². The van der Waals surface area contributed by atoms with Gasteiger partial charge in [0.05, 0.1) is 4.90 Å². The van der Waals surface area contributed by atoms with Crippen LogP contribution in [-0.4, -0.2) is 44.9 Å². The van der Waals surface area contributed by atoms with Crippen molar-refractivity contribution < 1.29 is 8.42 Å². The lowest BCUT2D eigenvalue weighted by Crippen LogP contribution is -2.43. The Hall–Kier alpha value is -1.60. The number of guanidine groups is 1. The molecule has 0 aromatic heterocycles. The number of benzene rings is 1. The van der Waals surface area contributed by atoms with E-state index in [9.17, 15) is 8.42 Å². The second kappa shape index (κ2) is 9.37. The molecule has 1 fully saturated rings. The predicted octanol–water partition coefficient (Wildman–Crippen LogP) is 2.57. The Labute approximate surface area is 158 Å². The van der Waals surface area contributed by atoms with Crippen LogP contribution >= 0.6 is 0 Å². The van der Waals surface area contributed by atoms with Crippen LogP contribution in [0.25, 0.3) is 0 Å². The normalized spacial score (nSPS) is 18.0. The van der Waals surface area contributed by atoms with Gasteiger partial charge in [0.1, 0.15) is 0 Å². The van der Waals surface area contributed by atoms with Crippen LogP contribution in [0.4, 0.5) is 0 Å². The molecule has 0 saturated carbocycles. The number of nitrogens with one attached hydrogen (secondary N) is 2. The Bertz CT molecular complexity index is 693. The molecule has 0 bridgehead atoms. The van der Waals surface area contributed by atoms with Crippen molar-refractivity contribution in [3.8, 4) is 0 Å². The minimum absolute atomic E-state index is 0.318. The molecule has 1 atom stereocenters. The second-order valence-corrected chi connectivity index (χ2v) is 9.15. The lowest BCUT2D eigenvalue weighted by molar-refractivity contribution is 0.346. The highest BCUT2D eigenvalue weighted by Crippen LogP contribution is 2.20. The monoisotopic (exact) mass is 380 g/mol. The molecule has 1 saturated heterocycles. The molecular formula is C19H32N4O2S. The lowest BCUT2D eigenvalue weighted by atomic mass is 10.1. The smallest absolute Gasteiger partial charge is 0.243 e. The van der Waals surface area contributed by atoms with Crippen molar-refractivity contribution in [1.82, 2.24) is 14.9 Å². The topological polar surface area (TPSA) is 73.8 Å². The van der Waals surface area contributed by atoms with E-state index in [1.54, 1.807) is 23.5 Å². The van der Waals surface area contributed by atoms with Crippen LogP contribution < -0.4 is 10.6 Å². The molecule has 2 N–H and O–H groups in total. The Balaban J connectivity index is 1.96. The van der Waals surface area contributed by atoms with E-state index in [1.165, 1.54) is 0 Å². The third kappa shape index (κ3) is 5.45. The summed E-state index contributed by atoms with van der Waals surface area (Å²) in [5.41, 5.74) is 1.02. The molecule has 26 heavy (non-hydrogen) atoms. The summed E-state index contributed by atoms with van der Waals surface area (Å²) in [5, 5.41) is 6.62. The van der Waals surface area contributed by atoms with E-state index < -0.39 is 10.0 Å². The summed E-state index contributed by atoms with van der Waals surface area (Å²) in [7, 11) is -1.62. The van der Waals surface area contributed by atoms with Crippen molar-refractivity contribution in [2.75, 3.05) is 20.1 Å². The van der Waals surface area contributed by atoms with Crippen molar-refractivity contribution in [2.24, 2.45) is 10.9 Å². The second-order valence-electron chi connectivity index (χ2n) is 7.21. The maximum Gasteiger partial charge on any atom is 0.243 e. The zero-order chi connectivity index (χ0) is 19.2. The van der Waals surface area contributed by atoms with Gasteiger partial charge in [0.25, 0.3) is 0 Å². The van der Waals surface area contributed by atoms with Crippen LogP contribution in [0.3, 0.4) is 0 Å². The van der Waals surface area contributed by atoms with Crippen molar-refractivity contribution >= 4 is 16.0 Å². The fourth-order valence-electron chi connectivity index (χ4n) is 2.80. The molecule has 0 aliphatic carbocycles. The summed E-state index contributed by atoms with van der Waals surface area (Å²) >= 11 is 0. The maximum atomic E-state index is 12.7. The standard InChI is InChI=1S/C19H32N4O2S/c1-15(2)16(3)22-19(20-4)21-14-17-8-10-18(11-9-17)26(24,25)23-12-6-5-7-13-23/h8-11,15-16H,5-7,12-14H2,1-4H3,(H2,20,21,22). The van der Waals surface area contributed by atoms with Crippen LogP contribution in [0.15, 0.2) is 34.2 Å².